The van der Waals surface area contributed by atoms with E-state index in [1.807, 2.05) is 11.7 Å². The molecule has 0 aliphatic heterocycles. The summed E-state index contributed by atoms with van der Waals surface area (Å²) in [5.41, 5.74) is 2.38. The van der Waals surface area contributed by atoms with Crippen LogP contribution in [-0.2, 0) is 13.6 Å². The largest absolute Gasteiger partial charge is 0.311 e. The molecule has 3 heteroatoms. The number of nitrogens with zero attached hydrogens (tertiary/aromatic N) is 2. The maximum atomic E-state index is 4.58. The summed E-state index contributed by atoms with van der Waals surface area (Å²) in [6.45, 7) is 2.00. The monoisotopic (exact) mass is 229 g/mol. The summed E-state index contributed by atoms with van der Waals surface area (Å²) in [5.74, 6) is 1.00. The first-order chi connectivity index (χ1) is 8.34. The van der Waals surface area contributed by atoms with Crippen LogP contribution in [-0.4, -0.2) is 16.3 Å². The van der Waals surface area contributed by atoms with Crippen LogP contribution in [0.3, 0.4) is 0 Å². The van der Waals surface area contributed by atoms with Crippen LogP contribution in [0, 0.1) is 5.92 Å². The molecule has 1 aliphatic carbocycles. The summed E-state index contributed by atoms with van der Waals surface area (Å²) >= 11 is 0. The molecule has 90 valence electrons. The first kappa shape index (κ1) is 10.8. The van der Waals surface area contributed by atoms with Gasteiger partial charge in [-0.3, -0.25) is 4.68 Å². The highest BCUT2D eigenvalue weighted by molar-refractivity contribution is 5.81. The average Bonchev–Trinajstić information content (AvgIpc) is 3.12. The number of hydrogen-bond donors (Lipinski definition) is 1. The van der Waals surface area contributed by atoms with Crippen molar-refractivity contribution in [2.75, 3.05) is 6.54 Å². The van der Waals surface area contributed by atoms with E-state index in [1.165, 1.54) is 35.9 Å². The third-order valence-corrected chi connectivity index (χ3v) is 3.55. The van der Waals surface area contributed by atoms with Gasteiger partial charge in [-0.2, -0.15) is 5.10 Å². The molecule has 0 saturated heterocycles. The second kappa shape index (κ2) is 4.49. The molecule has 3 rings (SSSR count). The van der Waals surface area contributed by atoms with Gasteiger partial charge in [0.05, 0.1) is 11.2 Å². The van der Waals surface area contributed by atoms with Gasteiger partial charge in [0, 0.05) is 19.0 Å². The molecule has 1 heterocycles. The van der Waals surface area contributed by atoms with Crippen molar-refractivity contribution in [3.05, 3.63) is 30.0 Å². The van der Waals surface area contributed by atoms with E-state index in [1.54, 1.807) is 0 Å². The van der Waals surface area contributed by atoms with Gasteiger partial charge in [-0.25, -0.2) is 0 Å². The van der Waals surface area contributed by atoms with Crippen molar-refractivity contribution in [2.45, 2.75) is 25.8 Å². The maximum absolute atomic E-state index is 4.58. The summed E-state index contributed by atoms with van der Waals surface area (Å²) < 4.78 is 1.97. The average molecular weight is 229 g/mol. The van der Waals surface area contributed by atoms with E-state index in [0.29, 0.717) is 0 Å². The van der Waals surface area contributed by atoms with Gasteiger partial charge in [-0.15, -0.1) is 0 Å². The Morgan fingerprint density at radius 3 is 3.00 bits per heavy atom. The van der Waals surface area contributed by atoms with Crippen molar-refractivity contribution in [1.29, 1.82) is 0 Å². The zero-order valence-corrected chi connectivity index (χ0v) is 10.3. The Morgan fingerprint density at radius 2 is 2.18 bits per heavy atom. The lowest BCUT2D eigenvalue weighted by Crippen LogP contribution is -2.15. The van der Waals surface area contributed by atoms with Crippen LogP contribution >= 0.6 is 0 Å². The number of aromatic nitrogens is 2. The maximum Gasteiger partial charge on any atom is 0.0841 e. The lowest BCUT2D eigenvalue weighted by Gasteiger charge is -2.01. The first-order valence-electron chi connectivity index (χ1n) is 6.46. The number of aryl methyl sites for hydroxylation is 1. The van der Waals surface area contributed by atoms with Gasteiger partial charge in [0.15, 0.2) is 0 Å². The molecule has 0 amide bonds. The normalized spacial score (nSPS) is 15.6. The Bertz CT molecular complexity index is 511. The highest BCUT2D eigenvalue weighted by atomic mass is 15.3. The molecule has 0 unspecified atom stereocenters. The minimum Gasteiger partial charge on any atom is -0.311 e. The molecule has 0 bridgehead atoms. The molecule has 1 aromatic heterocycles. The lowest BCUT2D eigenvalue weighted by molar-refractivity contribution is 0.602. The van der Waals surface area contributed by atoms with Crippen molar-refractivity contribution in [3.63, 3.8) is 0 Å². The Balaban J connectivity index is 1.67. The number of fused-ring (bicyclic) bond motifs is 1. The Labute approximate surface area is 102 Å². The molecule has 3 nitrogen and oxygen atoms in total. The molecule has 1 saturated carbocycles. The van der Waals surface area contributed by atoms with Crippen molar-refractivity contribution < 1.29 is 0 Å². The quantitative estimate of drug-likeness (QED) is 0.798. The van der Waals surface area contributed by atoms with Crippen LogP contribution in [0.1, 0.15) is 25.0 Å². The second-order valence-corrected chi connectivity index (χ2v) is 5.00. The molecule has 2 aromatic rings. The fraction of sp³-hybridized carbons (Fsp3) is 0.500. The number of para-hydroxylation sites is 1. The third-order valence-electron chi connectivity index (χ3n) is 3.55. The number of hydrogen-bond acceptors (Lipinski definition) is 2. The van der Waals surface area contributed by atoms with E-state index in [0.717, 1.165) is 19.0 Å². The predicted molar refractivity (Wildman–Crippen MR) is 69.8 cm³/mol. The van der Waals surface area contributed by atoms with E-state index < -0.39 is 0 Å². The molecule has 1 aromatic carbocycles. The van der Waals surface area contributed by atoms with Crippen molar-refractivity contribution >= 4 is 10.9 Å². The molecule has 1 N–H and O–H groups in total. The highest BCUT2D eigenvalue weighted by Gasteiger charge is 2.20. The van der Waals surface area contributed by atoms with Gasteiger partial charge in [-0.1, -0.05) is 31.0 Å². The molecular weight excluding hydrogens is 210 g/mol. The number of rotatable bonds is 5. The zero-order valence-electron chi connectivity index (χ0n) is 10.3. The van der Waals surface area contributed by atoms with Gasteiger partial charge in [0.25, 0.3) is 0 Å². The summed E-state index contributed by atoms with van der Waals surface area (Å²) in [7, 11) is 2.01. The fourth-order valence-corrected chi connectivity index (χ4v) is 2.34. The highest BCUT2D eigenvalue weighted by Crippen LogP contribution is 2.31. The van der Waals surface area contributed by atoms with Crippen molar-refractivity contribution in [1.82, 2.24) is 15.1 Å². The minimum atomic E-state index is 0.883. The standard InChI is InChI=1S/C14H19N3/c1-17-14-5-3-2-4-12(14)13(16-17)10-15-9-8-11-6-7-11/h2-5,11,15H,6-10H2,1H3. The second-order valence-electron chi connectivity index (χ2n) is 5.00. The van der Waals surface area contributed by atoms with Crippen LogP contribution < -0.4 is 5.32 Å². The van der Waals surface area contributed by atoms with Crippen LogP contribution in [0.15, 0.2) is 24.3 Å². The van der Waals surface area contributed by atoms with E-state index in [4.69, 9.17) is 0 Å². The summed E-state index contributed by atoms with van der Waals surface area (Å²) in [6, 6.07) is 8.42. The Morgan fingerprint density at radius 1 is 1.35 bits per heavy atom. The van der Waals surface area contributed by atoms with Gasteiger partial charge in [0.1, 0.15) is 0 Å². The molecule has 0 radical (unpaired) electrons. The van der Waals surface area contributed by atoms with Gasteiger partial charge >= 0.3 is 0 Å². The minimum absolute atomic E-state index is 0.883. The first-order valence-corrected chi connectivity index (χ1v) is 6.46. The van der Waals surface area contributed by atoms with Gasteiger partial charge in [0.2, 0.25) is 0 Å². The predicted octanol–water partition coefficient (Wildman–Crippen LogP) is 2.46. The molecule has 0 spiro atoms. The Hall–Kier alpha value is -1.35. The van der Waals surface area contributed by atoms with Crippen molar-refractivity contribution in [2.24, 2.45) is 13.0 Å². The van der Waals surface area contributed by atoms with Gasteiger partial charge in [-0.05, 0) is 24.9 Å². The topological polar surface area (TPSA) is 29.9 Å². The van der Waals surface area contributed by atoms with E-state index in [9.17, 15) is 0 Å². The fourth-order valence-electron chi connectivity index (χ4n) is 2.34. The molecule has 1 aliphatic rings. The SMILES string of the molecule is Cn1nc(CNCCC2CC2)c2ccccc21. The summed E-state index contributed by atoms with van der Waals surface area (Å²) in [6.07, 6.45) is 4.20. The van der Waals surface area contributed by atoms with E-state index in [2.05, 4.69) is 34.7 Å². The number of benzene rings is 1. The summed E-state index contributed by atoms with van der Waals surface area (Å²) in [5, 5.41) is 9.35. The van der Waals surface area contributed by atoms with Crippen molar-refractivity contribution in [3.8, 4) is 0 Å². The van der Waals surface area contributed by atoms with Crippen LogP contribution in [0.4, 0.5) is 0 Å². The number of nitrogens with one attached hydrogen (secondary N) is 1. The van der Waals surface area contributed by atoms with E-state index >= 15 is 0 Å². The smallest absolute Gasteiger partial charge is 0.0841 e. The van der Waals surface area contributed by atoms with Gasteiger partial charge < -0.3 is 5.32 Å². The zero-order chi connectivity index (χ0) is 11.7. The lowest BCUT2D eigenvalue weighted by atomic mass is 10.2. The summed E-state index contributed by atoms with van der Waals surface area (Å²) in [4.78, 5) is 0. The van der Waals surface area contributed by atoms with Crippen LogP contribution in [0.25, 0.3) is 10.9 Å². The molecule has 0 atom stereocenters. The Kier molecular flexibility index (Phi) is 2.85. The van der Waals surface area contributed by atoms with Crippen LogP contribution in [0.5, 0.6) is 0 Å². The molecular formula is C14H19N3. The molecule has 1 fully saturated rings. The molecule has 17 heavy (non-hydrogen) atoms. The van der Waals surface area contributed by atoms with Crippen LogP contribution in [0.2, 0.25) is 0 Å². The van der Waals surface area contributed by atoms with E-state index in [-0.39, 0.29) is 0 Å². The third kappa shape index (κ3) is 2.34.